The lowest BCUT2D eigenvalue weighted by Crippen LogP contribution is -2.70. The smallest absolute Gasteiger partial charge is 0.269 e. The summed E-state index contributed by atoms with van der Waals surface area (Å²) in [6.07, 6.45) is 14.1. The number of fused-ring (bicyclic) bond motifs is 2. The van der Waals surface area contributed by atoms with Crippen LogP contribution >= 0.6 is 0 Å². The molecule has 372 valence electrons. The van der Waals surface area contributed by atoms with E-state index in [0.717, 1.165) is 85.6 Å². The zero-order valence-corrected chi connectivity index (χ0v) is 40.6. The predicted molar refractivity (Wildman–Crippen MR) is 267 cm³/mol. The van der Waals surface area contributed by atoms with E-state index in [4.69, 9.17) is 24.2 Å². The molecule has 4 aromatic rings. The van der Waals surface area contributed by atoms with Crippen LogP contribution in [0.3, 0.4) is 0 Å². The molecule has 0 aromatic heterocycles. The number of hydrogen-bond acceptors (Lipinski definition) is 10. The zero-order chi connectivity index (χ0) is 49.2. The fourth-order valence-electron chi connectivity index (χ4n) is 11.5. The first-order valence-corrected chi connectivity index (χ1v) is 25.2. The number of carbonyl (C=O) groups excluding carboxylic acids is 1. The number of rotatable bonds is 23. The fourth-order valence-corrected chi connectivity index (χ4v) is 11.5. The van der Waals surface area contributed by atoms with Crippen molar-refractivity contribution in [2.45, 2.75) is 128 Å². The highest BCUT2D eigenvalue weighted by Gasteiger charge is 2.65. The van der Waals surface area contributed by atoms with Crippen molar-refractivity contribution >= 4 is 17.3 Å². The molecule has 1 amide bonds. The summed E-state index contributed by atoms with van der Waals surface area (Å²) in [4.78, 5) is 34.4. The van der Waals surface area contributed by atoms with Crippen molar-refractivity contribution in [1.82, 2.24) is 4.90 Å². The molecule has 0 saturated heterocycles. The van der Waals surface area contributed by atoms with Gasteiger partial charge in [-0.3, -0.25) is 14.9 Å². The highest BCUT2D eigenvalue weighted by Crippen LogP contribution is 2.62. The average Bonchev–Trinajstić information content (AvgIpc) is 3.89. The molecule has 0 spiro atoms. The molecule has 13 heteroatoms. The number of hydrogen-bond donors (Lipinski definition) is 2. The predicted octanol–water partition coefficient (Wildman–Crippen LogP) is 12.0. The molecule has 6 atom stereocenters. The van der Waals surface area contributed by atoms with Gasteiger partial charge in [-0.2, -0.15) is 0 Å². The summed E-state index contributed by atoms with van der Waals surface area (Å²) >= 11 is 0. The van der Waals surface area contributed by atoms with Gasteiger partial charge in [0.2, 0.25) is 11.7 Å². The molecule has 8 rings (SSSR count). The molecule has 6 unspecified atom stereocenters. The van der Waals surface area contributed by atoms with Gasteiger partial charge in [-0.05, 0) is 146 Å². The Kier molecular flexibility index (Phi) is 16.8. The maximum atomic E-state index is 15.3. The minimum Gasteiger partial charge on any atom is -0.459 e. The number of aliphatic hydroxyl groups is 2. The first-order valence-electron chi connectivity index (χ1n) is 25.2. The SMILES string of the molecule is C=CCOC12Oc3ccc(Oc4ccc(C)c(C)c4)cc3C3C(CCCCO)C(CCCCO)C=C(C(=NOCc4ccc([N+](=O)[O-])cc4)CC1N(Cc1ccc(F)cc1)C(=O)CCC1CCCC1)C32. The number of benzene rings is 4. The Morgan fingerprint density at radius 3 is 2.31 bits per heavy atom. The van der Waals surface area contributed by atoms with Gasteiger partial charge >= 0.3 is 0 Å². The number of ether oxygens (including phenoxy) is 3. The van der Waals surface area contributed by atoms with Gasteiger partial charge in [0.1, 0.15) is 35.7 Å². The number of non-ortho nitro benzene ring substituents is 1. The maximum absolute atomic E-state index is 15.3. The normalized spacial score (nSPS) is 23.2. The number of allylic oxidation sites excluding steroid dienone is 1. The number of nitrogens with zero attached hydrogens (tertiary/aromatic N) is 3. The van der Waals surface area contributed by atoms with Crippen LogP contribution in [0.4, 0.5) is 10.1 Å². The molecule has 3 aliphatic carbocycles. The lowest BCUT2D eigenvalue weighted by Gasteiger charge is -2.60. The summed E-state index contributed by atoms with van der Waals surface area (Å²) in [6, 6.07) is 23.6. The summed E-state index contributed by atoms with van der Waals surface area (Å²) in [7, 11) is 0. The molecule has 4 aromatic carbocycles. The van der Waals surface area contributed by atoms with Crippen LogP contribution in [0.15, 0.2) is 114 Å². The molecule has 2 saturated carbocycles. The first kappa shape index (κ1) is 50.5. The number of oxime groups is 1. The number of carbonyl (C=O) groups is 1. The van der Waals surface area contributed by atoms with E-state index in [-0.39, 0.29) is 74.6 Å². The monoisotopic (exact) mass is 957 g/mol. The van der Waals surface area contributed by atoms with Crippen molar-refractivity contribution in [1.29, 1.82) is 0 Å². The lowest BCUT2D eigenvalue weighted by molar-refractivity contribution is -0.384. The quantitative estimate of drug-likeness (QED) is 0.0320. The highest BCUT2D eigenvalue weighted by atomic mass is 19.1. The van der Waals surface area contributed by atoms with E-state index in [0.29, 0.717) is 53.7 Å². The van der Waals surface area contributed by atoms with E-state index >= 15 is 4.79 Å². The minimum absolute atomic E-state index is 0.00476. The van der Waals surface area contributed by atoms with Crippen LogP contribution in [0.5, 0.6) is 17.2 Å². The van der Waals surface area contributed by atoms with Gasteiger partial charge in [0.25, 0.3) is 5.69 Å². The third-order valence-electron chi connectivity index (χ3n) is 15.1. The van der Waals surface area contributed by atoms with E-state index in [1.807, 2.05) is 35.2 Å². The average molecular weight is 958 g/mol. The summed E-state index contributed by atoms with van der Waals surface area (Å²) in [6.45, 7) is 8.63. The summed E-state index contributed by atoms with van der Waals surface area (Å²) in [5, 5.41) is 36.5. The first-order chi connectivity index (χ1) is 34.0. The third kappa shape index (κ3) is 11.5. The van der Waals surface area contributed by atoms with Crippen LogP contribution in [0.1, 0.15) is 117 Å². The Morgan fingerprint density at radius 2 is 1.61 bits per heavy atom. The van der Waals surface area contributed by atoms with Crippen molar-refractivity contribution in [3.8, 4) is 17.2 Å². The van der Waals surface area contributed by atoms with Crippen LogP contribution < -0.4 is 9.47 Å². The van der Waals surface area contributed by atoms with Crippen molar-refractivity contribution in [2.75, 3.05) is 19.8 Å². The van der Waals surface area contributed by atoms with Crippen LogP contribution in [-0.4, -0.2) is 63.3 Å². The molecule has 0 radical (unpaired) electrons. The molecule has 70 heavy (non-hydrogen) atoms. The fraction of sp³-hybridized carbons (Fsp3) is 0.474. The van der Waals surface area contributed by atoms with E-state index in [2.05, 4.69) is 32.6 Å². The lowest BCUT2D eigenvalue weighted by atomic mass is 9.55. The van der Waals surface area contributed by atoms with E-state index in [1.54, 1.807) is 30.3 Å². The Labute approximate surface area is 411 Å². The number of halogens is 1. The Balaban J connectivity index is 1.32. The standard InChI is InChI=1S/C57H68FN3O9/c1-4-31-67-57-53(60(36-41-16-21-44(58)22-17-41)54(64)28-20-40-11-5-6-12-40)35-51(59-68-37-42-18-23-45(24-19-42)61(65)66)49-33-43(13-7-9-29-62)48(14-8-10-30-63)55(56(49)57)50-34-47(26-27-52(50)70-57)69-46-25-15-38(2)39(3)32-46/h4,15-19,21-27,32-34,40,43,48,53,55-56,62-63H,1,5-14,20,28-31,35-37H2,2-3H3. The molecule has 1 heterocycles. The molecule has 12 nitrogen and oxygen atoms in total. The number of unbranched alkanes of at least 4 members (excludes halogenated alkanes) is 2. The second kappa shape index (κ2) is 23.3. The Bertz CT molecular complexity index is 2510. The van der Waals surface area contributed by atoms with Crippen LogP contribution in [-0.2, 0) is 27.5 Å². The summed E-state index contributed by atoms with van der Waals surface area (Å²) in [5.41, 5.74) is 6.12. The van der Waals surface area contributed by atoms with Gasteiger partial charge in [0, 0.05) is 56.2 Å². The van der Waals surface area contributed by atoms with Gasteiger partial charge in [-0.1, -0.05) is 74.0 Å². The van der Waals surface area contributed by atoms with Crippen molar-refractivity contribution < 1.29 is 43.4 Å². The Hall–Kier alpha value is -5.89. The van der Waals surface area contributed by atoms with Crippen LogP contribution in [0.2, 0.25) is 0 Å². The second-order valence-corrected chi connectivity index (χ2v) is 19.7. The molecule has 2 fully saturated rings. The number of nitro benzene ring substituents is 1. The van der Waals surface area contributed by atoms with Gasteiger partial charge in [0.05, 0.1) is 23.2 Å². The maximum Gasteiger partial charge on any atom is 0.269 e. The molecule has 4 aliphatic rings. The van der Waals surface area contributed by atoms with Gasteiger partial charge < -0.3 is 34.2 Å². The molecule has 1 aliphatic heterocycles. The highest BCUT2D eigenvalue weighted by molar-refractivity contribution is 6.03. The molecular weight excluding hydrogens is 890 g/mol. The summed E-state index contributed by atoms with van der Waals surface area (Å²) < 4.78 is 35.8. The number of aryl methyl sites for hydroxylation is 2. The van der Waals surface area contributed by atoms with Gasteiger partial charge in [-0.15, -0.1) is 6.58 Å². The third-order valence-corrected chi connectivity index (χ3v) is 15.1. The van der Waals surface area contributed by atoms with E-state index < -0.39 is 22.7 Å². The number of aliphatic hydroxyl groups excluding tert-OH is 2. The van der Waals surface area contributed by atoms with Crippen LogP contribution in [0.25, 0.3) is 0 Å². The number of nitro groups is 1. The zero-order valence-electron chi connectivity index (χ0n) is 40.6. The van der Waals surface area contributed by atoms with Crippen molar-refractivity contribution in [3.63, 3.8) is 0 Å². The van der Waals surface area contributed by atoms with Crippen LogP contribution in [0, 0.1) is 53.5 Å². The summed E-state index contributed by atoms with van der Waals surface area (Å²) in [5.74, 6) is -0.345. The van der Waals surface area contributed by atoms with Crippen molar-refractivity contribution in [2.24, 2.45) is 28.8 Å². The number of amides is 1. The second-order valence-electron chi connectivity index (χ2n) is 19.7. The molecule has 0 bridgehead atoms. The minimum atomic E-state index is -1.49. The Morgan fingerprint density at radius 1 is 0.914 bits per heavy atom. The van der Waals surface area contributed by atoms with Crippen molar-refractivity contribution in [3.05, 3.63) is 153 Å². The van der Waals surface area contributed by atoms with E-state index in [9.17, 15) is 24.7 Å². The van der Waals surface area contributed by atoms with Gasteiger partial charge in [0.15, 0.2) is 0 Å². The molecular formula is C57H68FN3O9. The van der Waals surface area contributed by atoms with Gasteiger partial charge in [-0.25, -0.2) is 4.39 Å². The molecule has 2 N–H and O–H groups in total. The topological polar surface area (TPSA) is 153 Å². The largest absolute Gasteiger partial charge is 0.459 e. The van der Waals surface area contributed by atoms with E-state index in [1.165, 1.54) is 24.3 Å².